The van der Waals surface area contributed by atoms with Gasteiger partial charge in [-0.15, -0.1) is 0 Å². The Kier molecular flexibility index (Phi) is 2.94. The average Bonchev–Trinajstić information content (AvgIpc) is 2.63. The molecular weight excluding hydrogens is 257 g/mol. The molecule has 0 bridgehead atoms. The van der Waals surface area contributed by atoms with E-state index in [1.807, 2.05) is 0 Å². The minimum Gasteiger partial charge on any atom is -0.350 e. The number of amides is 1. The number of nitrogens with zero attached hydrogens (tertiary/aromatic N) is 3. The van der Waals surface area contributed by atoms with Crippen LogP contribution in [0.4, 0.5) is 18.3 Å². The number of hydrogen-bond donors (Lipinski definition) is 1. The number of carbonyl (C=O) groups excluding carboxylic acids is 1. The number of aromatic nitrogens is 2. The number of carbonyl (C=O) groups is 1. The maximum atomic E-state index is 12.3. The maximum Gasteiger partial charge on any atom is 0.452 e. The van der Waals surface area contributed by atoms with Gasteiger partial charge in [0.15, 0.2) is 0 Å². The molecule has 0 aliphatic carbocycles. The molecule has 17 heavy (non-hydrogen) atoms. The van der Waals surface area contributed by atoms with Gasteiger partial charge in [0.2, 0.25) is 16.9 Å². The van der Waals surface area contributed by atoms with Crippen LogP contribution < -0.4 is 10.2 Å². The molecule has 1 aromatic rings. The van der Waals surface area contributed by atoms with Gasteiger partial charge in [0.1, 0.15) is 0 Å². The quantitative estimate of drug-likeness (QED) is 0.820. The lowest BCUT2D eigenvalue weighted by atomic mass is 10.2. The lowest BCUT2D eigenvalue weighted by molar-refractivity contribution is -0.144. The van der Waals surface area contributed by atoms with Crippen molar-refractivity contribution in [2.45, 2.75) is 19.1 Å². The third-order valence-corrected chi connectivity index (χ3v) is 2.95. The largest absolute Gasteiger partial charge is 0.452 e. The van der Waals surface area contributed by atoms with Gasteiger partial charge in [0.05, 0.1) is 6.54 Å². The zero-order valence-electron chi connectivity index (χ0n) is 8.78. The van der Waals surface area contributed by atoms with Crippen LogP contribution in [0, 0.1) is 0 Å². The molecule has 0 radical (unpaired) electrons. The summed E-state index contributed by atoms with van der Waals surface area (Å²) in [5.74, 6) is -1.39. The molecule has 1 fully saturated rings. The average molecular weight is 266 g/mol. The van der Waals surface area contributed by atoms with Crippen LogP contribution in [0.1, 0.15) is 12.7 Å². The molecule has 0 aromatic carbocycles. The van der Waals surface area contributed by atoms with Gasteiger partial charge in [-0.1, -0.05) is 0 Å². The second kappa shape index (κ2) is 4.13. The highest BCUT2D eigenvalue weighted by atomic mass is 32.1. The molecule has 1 aliphatic rings. The number of anilines is 1. The van der Waals surface area contributed by atoms with Gasteiger partial charge in [0, 0.05) is 24.1 Å². The highest BCUT2D eigenvalue weighted by Crippen LogP contribution is 2.30. The van der Waals surface area contributed by atoms with E-state index in [4.69, 9.17) is 0 Å². The van der Waals surface area contributed by atoms with Crippen LogP contribution in [0.3, 0.4) is 0 Å². The third-order valence-electron chi connectivity index (χ3n) is 2.18. The molecule has 1 N–H and O–H groups in total. The summed E-state index contributed by atoms with van der Waals surface area (Å²) in [4.78, 5) is 16.1. The molecule has 1 saturated heterocycles. The highest BCUT2D eigenvalue weighted by Gasteiger charge is 2.37. The molecule has 2 heterocycles. The van der Waals surface area contributed by atoms with Crippen LogP contribution in [-0.2, 0) is 11.0 Å². The molecule has 9 heteroatoms. The van der Waals surface area contributed by atoms with Crippen molar-refractivity contribution in [2.75, 3.05) is 18.0 Å². The van der Waals surface area contributed by atoms with Crippen molar-refractivity contribution in [3.05, 3.63) is 5.82 Å². The van der Waals surface area contributed by atoms with E-state index in [1.54, 1.807) is 6.92 Å². The molecule has 0 saturated carbocycles. The van der Waals surface area contributed by atoms with Crippen molar-refractivity contribution in [3.8, 4) is 0 Å². The first kappa shape index (κ1) is 12.1. The molecular formula is C8H9F3N4OS. The summed E-state index contributed by atoms with van der Waals surface area (Å²) in [5.41, 5.74) is 0. The highest BCUT2D eigenvalue weighted by molar-refractivity contribution is 7.09. The second-order valence-electron chi connectivity index (χ2n) is 3.75. The molecule has 1 amide bonds. The molecule has 1 aromatic heterocycles. The smallest absolute Gasteiger partial charge is 0.350 e. The molecule has 1 atom stereocenters. The van der Waals surface area contributed by atoms with Gasteiger partial charge >= 0.3 is 6.18 Å². The van der Waals surface area contributed by atoms with Gasteiger partial charge in [-0.05, 0) is 6.92 Å². The normalized spacial score (nSPS) is 21.5. The predicted octanol–water partition coefficient (Wildman–Crippen LogP) is 0.882. The van der Waals surface area contributed by atoms with Crippen LogP contribution >= 0.6 is 11.5 Å². The van der Waals surface area contributed by atoms with Gasteiger partial charge in [-0.3, -0.25) is 4.79 Å². The fourth-order valence-electron chi connectivity index (χ4n) is 1.54. The summed E-state index contributed by atoms with van der Waals surface area (Å²) in [7, 11) is 0. The van der Waals surface area contributed by atoms with Crippen molar-refractivity contribution in [1.29, 1.82) is 0 Å². The maximum absolute atomic E-state index is 12.3. The van der Waals surface area contributed by atoms with Gasteiger partial charge in [-0.25, -0.2) is 0 Å². The number of halogens is 3. The van der Waals surface area contributed by atoms with Crippen molar-refractivity contribution in [2.24, 2.45) is 0 Å². The Morgan fingerprint density at radius 3 is 2.76 bits per heavy atom. The van der Waals surface area contributed by atoms with E-state index in [-0.39, 0.29) is 23.6 Å². The van der Waals surface area contributed by atoms with E-state index in [1.165, 1.54) is 4.90 Å². The van der Waals surface area contributed by atoms with Gasteiger partial charge in [-0.2, -0.15) is 22.5 Å². The van der Waals surface area contributed by atoms with Crippen molar-refractivity contribution in [1.82, 2.24) is 14.7 Å². The predicted molar refractivity (Wildman–Crippen MR) is 54.7 cm³/mol. The number of alkyl halides is 3. The molecule has 2 rings (SSSR count). The van der Waals surface area contributed by atoms with Gasteiger partial charge < -0.3 is 10.2 Å². The molecule has 0 spiro atoms. The molecule has 1 aliphatic heterocycles. The van der Waals surface area contributed by atoms with E-state index >= 15 is 0 Å². The molecule has 1 unspecified atom stereocenters. The third kappa shape index (κ3) is 2.65. The van der Waals surface area contributed by atoms with E-state index in [0.29, 0.717) is 18.1 Å². The number of rotatable bonds is 1. The minimum atomic E-state index is -4.54. The molecule has 94 valence electrons. The van der Waals surface area contributed by atoms with Crippen LogP contribution in [0.5, 0.6) is 0 Å². The van der Waals surface area contributed by atoms with Crippen molar-refractivity contribution in [3.63, 3.8) is 0 Å². The second-order valence-corrected chi connectivity index (χ2v) is 4.48. The Morgan fingerprint density at radius 1 is 1.53 bits per heavy atom. The topological polar surface area (TPSA) is 58.1 Å². The van der Waals surface area contributed by atoms with Crippen LogP contribution in [0.25, 0.3) is 0 Å². The summed E-state index contributed by atoms with van der Waals surface area (Å²) in [6, 6.07) is -0.116. The first-order valence-corrected chi connectivity index (χ1v) is 5.59. The SMILES string of the molecule is CC1CN(c2nc(C(F)(F)F)ns2)CC(=O)N1. The Morgan fingerprint density at radius 2 is 2.24 bits per heavy atom. The zero-order valence-corrected chi connectivity index (χ0v) is 9.60. The summed E-state index contributed by atoms with van der Waals surface area (Å²) < 4.78 is 40.2. The summed E-state index contributed by atoms with van der Waals surface area (Å²) in [6.07, 6.45) is -4.54. The fraction of sp³-hybridized carbons (Fsp3) is 0.625. The lowest BCUT2D eigenvalue weighted by Gasteiger charge is -2.30. The van der Waals surface area contributed by atoms with Crippen LogP contribution in [0.2, 0.25) is 0 Å². The number of piperazine rings is 1. The molecule has 5 nitrogen and oxygen atoms in total. The summed E-state index contributed by atoms with van der Waals surface area (Å²) >= 11 is 0.652. The van der Waals surface area contributed by atoms with E-state index in [9.17, 15) is 18.0 Å². The van der Waals surface area contributed by atoms with E-state index in [2.05, 4.69) is 14.7 Å². The first-order valence-electron chi connectivity index (χ1n) is 4.81. The summed E-state index contributed by atoms with van der Waals surface area (Å²) in [5, 5.41) is 2.79. The van der Waals surface area contributed by atoms with Crippen LogP contribution in [0.15, 0.2) is 0 Å². The summed E-state index contributed by atoms with van der Waals surface area (Å²) in [6.45, 7) is 2.21. The number of hydrogen-bond acceptors (Lipinski definition) is 5. The van der Waals surface area contributed by atoms with Crippen molar-refractivity contribution < 1.29 is 18.0 Å². The van der Waals surface area contributed by atoms with E-state index in [0.717, 1.165) is 0 Å². The lowest BCUT2D eigenvalue weighted by Crippen LogP contribution is -2.53. The Hall–Kier alpha value is -1.38. The Balaban J connectivity index is 2.17. The van der Waals surface area contributed by atoms with Crippen LogP contribution in [-0.4, -0.2) is 34.4 Å². The fourth-order valence-corrected chi connectivity index (χ4v) is 2.23. The Labute approximate surface area is 98.8 Å². The standard InChI is InChI=1S/C8H9F3N4OS/c1-4-2-15(3-5(16)12-4)7-13-6(14-17-7)8(9,10)11/h4H,2-3H2,1H3,(H,12,16). The first-order chi connectivity index (χ1) is 7.86. The number of nitrogens with one attached hydrogen (secondary N) is 1. The minimum absolute atomic E-state index is 0.0107. The van der Waals surface area contributed by atoms with Gasteiger partial charge in [0.25, 0.3) is 0 Å². The van der Waals surface area contributed by atoms with E-state index < -0.39 is 12.0 Å². The zero-order chi connectivity index (χ0) is 12.6. The van der Waals surface area contributed by atoms with Crippen molar-refractivity contribution >= 4 is 22.6 Å². The Bertz CT molecular complexity index is 433. The monoisotopic (exact) mass is 266 g/mol.